The molecular formula is C25H22BrN3O3. The first-order chi connectivity index (χ1) is 15.4. The van der Waals surface area contributed by atoms with E-state index in [0.717, 1.165) is 21.3 Å². The van der Waals surface area contributed by atoms with Crippen LogP contribution in [0.3, 0.4) is 0 Å². The normalized spacial score (nSPS) is 21.2. The monoisotopic (exact) mass is 491 g/mol. The summed E-state index contributed by atoms with van der Waals surface area (Å²) in [6, 6.07) is 22.2. The summed E-state index contributed by atoms with van der Waals surface area (Å²) in [4.78, 5) is 27.5. The zero-order chi connectivity index (χ0) is 22.3. The highest BCUT2D eigenvalue weighted by atomic mass is 79.9. The largest absolute Gasteiger partial charge is 0.467 e. The number of carbonyl (C=O) groups excluding carboxylic acids is 2. The van der Waals surface area contributed by atoms with Crippen molar-refractivity contribution in [2.45, 2.75) is 31.7 Å². The quantitative estimate of drug-likeness (QED) is 0.530. The van der Waals surface area contributed by atoms with Crippen LogP contribution in [0, 0.1) is 0 Å². The first-order valence-electron chi connectivity index (χ1n) is 10.4. The molecule has 2 aliphatic heterocycles. The predicted molar refractivity (Wildman–Crippen MR) is 126 cm³/mol. The van der Waals surface area contributed by atoms with Gasteiger partial charge in [0.1, 0.15) is 5.75 Å². The van der Waals surface area contributed by atoms with E-state index in [1.807, 2.05) is 61.5 Å². The van der Waals surface area contributed by atoms with Crippen molar-refractivity contribution in [1.82, 2.24) is 10.6 Å². The summed E-state index contributed by atoms with van der Waals surface area (Å²) >= 11 is 3.49. The summed E-state index contributed by atoms with van der Waals surface area (Å²) in [5.74, 6) is 0.546. The number of fused-ring (bicyclic) bond motifs is 4. The van der Waals surface area contributed by atoms with E-state index in [2.05, 4.69) is 26.6 Å². The first kappa shape index (κ1) is 20.6. The number of rotatable bonds is 4. The Morgan fingerprint density at radius 2 is 1.97 bits per heavy atom. The minimum atomic E-state index is -0.868. The highest BCUT2D eigenvalue weighted by Crippen LogP contribution is 2.46. The van der Waals surface area contributed by atoms with Crippen molar-refractivity contribution in [1.29, 1.82) is 0 Å². The molecule has 5 rings (SSSR count). The van der Waals surface area contributed by atoms with Crippen molar-refractivity contribution in [2.24, 2.45) is 0 Å². The third kappa shape index (κ3) is 3.73. The van der Waals surface area contributed by atoms with Gasteiger partial charge in [0.2, 0.25) is 0 Å². The van der Waals surface area contributed by atoms with E-state index in [0.29, 0.717) is 24.2 Å². The van der Waals surface area contributed by atoms with Crippen molar-refractivity contribution in [3.8, 4) is 5.75 Å². The molecule has 0 radical (unpaired) electrons. The van der Waals surface area contributed by atoms with Gasteiger partial charge in [0.05, 0.1) is 11.7 Å². The fourth-order valence-corrected chi connectivity index (χ4v) is 4.78. The van der Waals surface area contributed by atoms with Gasteiger partial charge in [-0.05, 0) is 48.9 Å². The van der Waals surface area contributed by atoms with Gasteiger partial charge in [0, 0.05) is 28.6 Å². The van der Waals surface area contributed by atoms with Gasteiger partial charge < -0.3 is 15.4 Å². The maximum absolute atomic E-state index is 13.1. The molecule has 3 amide bonds. The fourth-order valence-electron chi connectivity index (χ4n) is 4.40. The van der Waals surface area contributed by atoms with Crippen molar-refractivity contribution in [3.63, 3.8) is 0 Å². The average molecular weight is 492 g/mol. The molecule has 0 spiro atoms. The Balaban J connectivity index is 1.41. The van der Waals surface area contributed by atoms with E-state index in [1.165, 1.54) is 0 Å². The number of hydrogen-bond acceptors (Lipinski definition) is 3. The SMILES string of the molecule is CC12CC(NC(=O)N1c1cccc(C(=O)NCc3ccccc3)c1)c1cc(Br)ccc1O2. The molecule has 2 bridgehead atoms. The topological polar surface area (TPSA) is 70.7 Å². The zero-order valence-electron chi connectivity index (χ0n) is 17.5. The second kappa shape index (κ2) is 7.98. The summed E-state index contributed by atoms with van der Waals surface area (Å²) < 4.78 is 7.27. The molecule has 3 aromatic carbocycles. The number of urea groups is 1. The van der Waals surface area contributed by atoms with Crippen LogP contribution in [0.4, 0.5) is 10.5 Å². The number of hydrogen-bond donors (Lipinski definition) is 2. The number of amides is 3. The number of nitrogens with zero attached hydrogens (tertiary/aromatic N) is 1. The summed E-state index contributed by atoms with van der Waals surface area (Å²) in [6.45, 7) is 2.34. The number of anilines is 1. The third-order valence-corrected chi connectivity index (χ3v) is 6.39. The lowest BCUT2D eigenvalue weighted by molar-refractivity contribution is 0.0378. The first-order valence-corrected chi connectivity index (χ1v) is 11.2. The lowest BCUT2D eigenvalue weighted by atomic mass is 9.90. The lowest BCUT2D eigenvalue weighted by Crippen LogP contribution is -2.65. The standard InChI is InChI=1S/C25H22BrN3O3/c1-25-14-21(20-13-18(26)10-11-22(20)32-25)28-24(31)29(25)19-9-5-8-17(12-19)23(30)27-15-16-6-3-2-4-7-16/h2-13,21H,14-15H2,1H3,(H,27,30)(H,28,31). The van der Waals surface area contributed by atoms with Crippen LogP contribution in [0.1, 0.15) is 40.9 Å². The second-order valence-electron chi connectivity index (χ2n) is 8.22. The number of nitrogens with one attached hydrogen (secondary N) is 2. The molecule has 2 aliphatic rings. The Bertz CT molecular complexity index is 1200. The van der Waals surface area contributed by atoms with Gasteiger partial charge in [-0.1, -0.05) is 52.3 Å². The van der Waals surface area contributed by atoms with Crippen LogP contribution in [0.5, 0.6) is 5.75 Å². The van der Waals surface area contributed by atoms with Crippen LogP contribution in [-0.2, 0) is 6.54 Å². The van der Waals surface area contributed by atoms with Crippen molar-refractivity contribution in [2.75, 3.05) is 4.90 Å². The summed E-state index contributed by atoms with van der Waals surface area (Å²) in [7, 11) is 0. The predicted octanol–water partition coefficient (Wildman–Crippen LogP) is 5.15. The molecule has 2 unspecified atom stereocenters. The van der Waals surface area contributed by atoms with Gasteiger partial charge in [-0.2, -0.15) is 0 Å². The molecule has 7 heteroatoms. The van der Waals surface area contributed by atoms with Crippen LogP contribution in [-0.4, -0.2) is 17.7 Å². The van der Waals surface area contributed by atoms with E-state index in [9.17, 15) is 9.59 Å². The van der Waals surface area contributed by atoms with Gasteiger partial charge in [-0.15, -0.1) is 0 Å². The molecule has 2 atom stereocenters. The molecule has 2 N–H and O–H groups in total. The Kier molecular flexibility index (Phi) is 5.13. The van der Waals surface area contributed by atoms with Crippen molar-refractivity contribution < 1.29 is 14.3 Å². The molecule has 0 saturated carbocycles. The highest BCUT2D eigenvalue weighted by molar-refractivity contribution is 9.10. The molecule has 162 valence electrons. The number of halogens is 1. The van der Waals surface area contributed by atoms with Gasteiger partial charge in [-0.25, -0.2) is 4.79 Å². The molecule has 0 aliphatic carbocycles. The highest BCUT2D eigenvalue weighted by Gasteiger charge is 2.49. The van der Waals surface area contributed by atoms with Crippen LogP contribution in [0.25, 0.3) is 0 Å². The van der Waals surface area contributed by atoms with Crippen LogP contribution in [0.15, 0.2) is 77.3 Å². The molecule has 1 fully saturated rings. The van der Waals surface area contributed by atoms with Gasteiger partial charge in [0.15, 0.2) is 5.72 Å². The Morgan fingerprint density at radius 1 is 1.16 bits per heavy atom. The van der Waals surface area contributed by atoms with E-state index >= 15 is 0 Å². The zero-order valence-corrected chi connectivity index (χ0v) is 19.1. The van der Waals surface area contributed by atoms with Crippen LogP contribution >= 0.6 is 15.9 Å². The van der Waals surface area contributed by atoms with E-state index < -0.39 is 5.72 Å². The number of benzene rings is 3. The summed E-state index contributed by atoms with van der Waals surface area (Å²) in [6.07, 6.45) is 0.590. The molecular weight excluding hydrogens is 470 g/mol. The smallest absolute Gasteiger partial charge is 0.325 e. The third-order valence-electron chi connectivity index (χ3n) is 5.90. The Labute approximate surface area is 194 Å². The second-order valence-corrected chi connectivity index (χ2v) is 9.14. The Hall–Kier alpha value is -3.32. The minimum absolute atomic E-state index is 0.137. The Morgan fingerprint density at radius 3 is 2.78 bits per heavy atom. The molecule has 32 heavy (non-hydrogen) atoms. The number of ether oxygens (including phenoxy) is 1. The van der Waals surface area contributed by atoms with E-state index in [1.54, 1.807) is 23.1 Å². The van der Waals surface area contributed by atoms with E-state index in [-0.39, 0.29) is 18.0 Å². The maximum Gasteiger partial charge on any atom is 0.325 e. The van der Waals surface area contributed by atoms with E-state index in [4.69, 9.17) is 4.74 Å². The minimum Gasteiger partial charge on any atom is -0.467 e. The molecule has 2 heterocycles. The fraction of sp³-hybridized carbons (Fsp3) is 0.200. The van der Waals surface area contributed by atoms with Crippen molar-refractivity contribution in [3.05, 3.63) is 94.0 Å². The van der Waals surface area contributed by atoms with Gasteiger partial charge in [-0.3, -0.25) is 9.69 Å². The molecule has 3 aromatic rings. The van der Waals surface area contributed by atoms with Crippen molar-refractivity contribution >= 4 is 33.6 Å². The molecule has 1 saturated heterocycles. The summed E-state index contributed by atoms with van der Waals surface area (Å²) in [5.41, 5.74) is 2.20. The van der Waals surface area contributed by atoms with Gasteiger partial charge in [0.25, 0.3) is 5.91 Å². The van der Waals surface area contributed by atoms with Crippen LogP contribution < -0.4 is 20.3 Å². The lowest BCUT2D eigenvalue weighted by Gasteiger charge is -2.50. The number of carbonyl (C=O) groups is 2. The maximum atomic E-state index is 13.1. The van der Waals surface area contributed by atoms with Gasteiger partial charge >= 0.3 is 6.03 Å². The van der Waals surface area contributed by atoms with Crippen LogP contribution in [0.2, 0.25) is 0 Å². The average Bonchev–Trinajstić information content (AvgIpc) is 2.78. The molecule has 6 nitrogen and oxygen atoms in total. The molecule has 0 aromatic heterocycles. The summed E-state index contributed by atoms with van der Waals surface area (Å²) in [5, 5.41) is 6.02.